The molecule has 0 bridgehead atoms. The van der Waals surface area contributed by atoms with Crippen molar-refractivity contribution in [2.45, 2.75) is 47.5 Å². The average Bonchev–Trinajstić information content (AvgIpc) is 2.32. The number of nitrogens with one attached hydrogen (secondary N) is 1. The van der Waals surface area contributed by atoms with Crippen LogP contribution in [-0.2, 0) is 4.79 Å². The maximum atomic E-state index is 12.4. The fourth-order valence-electron chi connectivity index (χ4n) is 1.94. The van der Waals surface area contributed by atoms with E-state index in [0.29, 0.717) is 0 Å². The van der Waals surface area contributed by atoms with Crippen molar-refractivity contribution in [3.05, 3.63) is 27.7 Å². The van der Waals surface area contributed by atoms with E-state index in [1.54, 1.807) is 0 Å². The van der Waals surface area contributed by atoms with Crippen molar-refractivity contribution < 1.29 is 4.79 Å². The molecule has 100 valence electrons. The summed E-state index contributed by atoms with van der Waals surface area (Å²) in [4.78, 5) is 12.4. The van der Waals surface area contributed by atoms with Gasteiger partial charge in [-0.2, -0.15) is 0 Å². The van der Waals surface area contributed by atoms with Crippen LogP contribution < -0.4 is 5.32 Å². The Labute approximate surface area is 118 Å². The van der Waals surface area contributed by atoms with E-state index in [0.717, 1.165) is 34.1 Å². The van der Waals surface area contributed by atoms with Gasteiger partial charge in [0.25, 0.3) is 0 Å². The van der Waals surface area contributed by atoms with E-state index in [1.807, 2.05) is 32.9 Å². The Morgan fingerprint density at radius 2 is 1.67 bits per heavy atom. The molecule has 2 nitrogen and oxygen atoms in total. The SMILES string of the molecule is CCC(C)(CC)C(=O)Nc1c(C)cc(Br)cc1C. The molecule has 1 aromatic rings. The van der Waals surface area contributed by atoms with E-state index in [-0.39, 0.29) is 11.3 Å². The molecular formula is C15H22BrNO. The van der Waals surface area contributed by atoms with Gasteiger partial charge in [0.15, 0.2) is 0 Å². The zero-order chi connectivity index (χ0) is 13.9. The van der Waals surface area contributed by atoms with Crippen LogP contribution >= 0.6 is 15.9 Å². The van der Waals surface area contributed by atoms with Crippen molar-refractivity contribution in [3.63, 3.8) is 0 Å². The third-order valence-electron chi connectivity index (χ3n) is 3.84. The second-order valence-electron chi connectivity index (χ2n) is 5.14. The smallest absolute Gasteiger partial charge is 0.230 e. The molecule has 0 atom stereocenters. The first-order valence-corrected chi connectivity index (χ1v) is 7.21. The Balaban J connectivity index is 3.02. The Morgan fingerprint density at radius 3 is 2.06 bits per heavy atom. The van der Waals surface area contributed by atoms with E-state index in [1.165, 1.54) is 0 Å². The van der Waals surface area contributed by atoms with E-state index < -0.39 is 0 Å². The van der Waals surface area contributed by atoms with Crippen LogP contribution in [0.2, 0.25) is 0 Å². The molecule has 3 heteroatoms. The van der Waals surface area contributed by atoms with Crippen molar-refractivity contribution in [1.82, 2.24) is 0 Å². The first kappa shape index (κ1) is 15.2. The summed E-state index contributed by atoms with van der Waals surface area (Å²) in [7, 11) is 0. The Hall–Kier alpha value is -0.830. The number of amides is 1. The number of anilines is 1. The average molecular weight is 312 g/mol. The number of benzene rings is 1. The van der Waals surface area contributed by atoms with E-state index >= 15 is 0 Å². The number of carbonyl (C=O) groups excluding carboxylic acids is 1. The zero-order valence-corrected chi connectivity index (χ0v) is 13.4. The predicted octanol–water partition coefficient (Wildman–Crippen LogP) is 4.83. The lowest BCUT2D eigenvalue weighted by atomic mass is 9.83. The number of hydrogen-bond donors (Lipinski definition) is 1. The van der Waals surface area contributed by atoms with E-state index in [4.69, 9.17) is 0 Å². The molecule has 1 rings (SSSR count). The van der Waals surface area contributed by atoms with Crippen molar-refractivity contribution in [2.24, 2.45) is 5.41 Å². The molecule has 0 spiro atoms. The van der Waals surface area contributed by atoms with Crippen LogP contribution in [-0.4, -0.2) is 5.91 Å². The lowest BCUT2D eigenvalue weighted by Crippen LogP contribution is -2.32. The van der Waals surface area contributed by atoms with Crippen LogP contribution in [0.15, 0.2) is 16.6 Å². The molecule has 0 unspecified atom stereocenters. The summed E-state index contributed by atoms with van der Waals surface area (Å²) in [5, 5.41) is 3.09. The quantitative estimate of drug-likeness (QED) is 0.847. The molecule has 0 heterocycles. The van der Waals surface area contributed by atoms with Crippen molar-refractivity contribution in [3.8, 4) is 0 Å². The standard InChI is InChI=1S/C15H22BrNO/c1-6-15(5,7-2)14(18)17-13-10(3)8-12(16)9-11(13)4/h8-9H,6-7H2,1-5H3,(H,17,18). The summed E-state index contributed by atoms with van der Waals surface area (Å²) in [6.45, 7) is 10.2. The van der Waals surface area contributed by atoms with Gasteiger partial charge in [-0.05, 0) is 49.9 Å². The molecule has 18 heavy (non-hydrogen) atoms. The number of rotatable bonds is 4. The lowest BCUT2D eigenvalue weighted by Gasteiger charge is -2.26. The highest BCUT2D eigenvalue weighted by Gasteiger charge is 2.29. The maximum Gasteiger partial charge on any atom is 0.230 e. The first-order valence-electron chi connectivity index (χ1n) is 6.42. The van der Waals surface area contributed by atoms with Crippen LogP contribution in [0.25, 0.3) is 0 Å². The maximum absolute atomic E-state index is 12.4. The second-order valence-corrected chi connectivity index (χ2v) is 6.05. The van der Waals surface area contributed by atoms with Crippen molar-refractivity contribution in [1.29, 1.82) is 0 Å². The van der Waals surface area contributed by atoms with Gasteiger partial charge in [-0.15, -0.1) is 0 Å². The van der Waals surface area contributed by atoms with Gasteiger partial charge in [0, 0.05) is 15.6 Å². The van der Waals surface area contributed by atoms with Crippen LogP contribution in [0.3, 0.4) is 0 Å². The first-order chi connectivity index (χ1) is 8.34. The zero-order valence-electron chi connectivity index (χ0n) is 11.9. The molecule has 1 amide bonds. The molecule has 0 saturated heterocycles. The molecule has 0 saturated carbocycles. The van der Waals surface area contributed by atoms with Gasteiger partial charge >= 0.3 is 0 Å². The normalized spacial score (nSPS) is 11.4. The van der Waals surface area contributed by atoms with E-state index in [9.17, 15) is 4.79 Å². The van der Waals surface area contributed by atoms with Gasteiger partial charge in [-0.3, -0.25) is 4.79 Å². The second kappa shape index (κ2) is 5.87. The highest BCUT2D eigenvalue weighted by Crippen LogP contribution is 2.30. The monoisotopic (exact) mass is 311 g/mol. The van der Waals surface area contributed by atoms with Crippen molar-refractivity contribution in [2.75, 3.05) is 5.32 Å². The lowest BCUT2D eigenvalue weighted by molar-refractivity contribution is -0.125. The topological polar surface area (TPSA) is 29.1 Å². The summed E-state index contributed by atoms with van der Waals surface area (Å²) in [5.74, 6) is 0.112. The molecule has 0 radical (unpaired) electrons. The highest BCUT2D eigenvalue weighted by atomic mass is 79.9. The summed E-state index contributed by atoms with van der Waals surface area (Å²) >= 11 is 3.47. The minimum absolute atomic E-state index is 0.112. The van der Waals surface area contributed by atoms with Gasteiger partial charge in [-0.1, -0.05) is 36.7 Å². The highest BCUT2D eigenvalue weighted by molar-refractivity contribution is 9.10. The van der Waals surface area contributed by atoms with Crippen LogP contribution in [0, 0.1) is 19.3 Å². The fourth-order valence-corrected chi connectivity index (χ4v) is 2.63. The Kier molecular flexibility index (Phi) is 4.97. The largest absolute Gasteiger partial charge is 0.325 e. The number of hydrogen-bond acceptors (Lipinski definition) is 1. The summed E-state index contributed by atoms with van der Waals surface area (Å²) in [6, 6.07) is 4.05. The molecular weight excluding hydrogens is 290 g/mol. The van der Waals surface area contributed by atoms with Crippen molar-refractivity contribution >= 4 is 27.5 Å². The third-order valence-corrected chi connectivity index (χ3v) is 4.30. The van der Waals surface area contributed by atoms with Gasteiger partial charge in [0.05, 0.1) is 0 Å². The van der Waals surface area contributed by atoms with Gasteiger partial charge < -0.3 is 5.32 Å². The molecule has 1 aromatic carbocycles. The van der Waals surface area contributed by atoms with Gasteiger partial charge in [0.1, 0.15) is 0 Å². The number of halogens is 1. The summed E-state index contributed by atoms with van der Waals surface area (Å²) < 4.78 is 1.05. The molecule has 1 N–H and O–H groups in total. The van der Waals surface area contributed by atoms with E-state index in [2.05, 4.69) is 35.1 Å². The van der Waals surface area contributed by atoms with Crippen LogP contribution in [0.4, 0.5) is 5.69 Å². The Morgan fingerprint density at radius 1 is 1.22 bits per heavy atom. The minimum Gasteiger partial charge on any atom is -0.325 e. The third kappa shape index (κ3) is 3.14. The molecule has 0 fully saturated rings. The Bertz CT molecular complexity index is 427. The fraction of sp³-hybridized carbons (Fsp3) is 0.533. The van der Waals surface area contributed by atoms with Gasteiger partial charge in [-0.25, -0.2) is 0 Å². The molecule has 0 aliphatic carbocycles. The summed E-state index contributed by atoms with van der Waals surface area (Å²) in [6.07, 6.45) is 1.70. The predicted molar refractivity (Wildman–Crippen MR) is 80.9 cm³/mol. The number of aryl methyl sites for hydroxylation is 2. The van der Waals surface area contributed by atoms with Crippen LogP contribution in [0.5, 0.6) is 0 Å². The summed E-state index contributed by atoms with van der Waals surface area (Å²) in [5.41, 5.74) is 2.83. The molecule has 0 aliphatic heterocycles. The van der Waals surface area contributed by atoms with Gasteiger partial charge in [0.2, 0.25) is 5.91 Å². The molecule has 0 aromatic heterocycles. The van der Waals surface area contributed by atoms with Crippen LogP contribution in [0.1, 0.15) is 44.7 Å². The molecule has 0 aliphatic rings. The minimum atomic E-state index is -0.286. The number of carbonyl (C=O) groups is 1.